The largest absolute Gasteiger partial charge is 0.493 e. The number of carbonyl (C=O) groups excluding carboxylic acids is 1. The van der Waals surface area contributed by atoms with Crippen molar-refractivity contribution in [2.75, 3.05) is 19.5 Å². The van der Waals surface area contributed by atoms with Gasteiger partial charge in [0.15, 0.2) is 11.5 Å². The van der Waals surface area contributed by atoms with E-state index >= 15 is 0 Å². The van der Waals surface area contributed by atoms with Gasteiger partial charge in [-0.05, 0) is 35.4 Å². The van der Waals surface area contributed by atoms with Crippen LogP contribution in [0.2, 0.25) is 5.02 Å². The average molecular weight is 373 g/mol. The van der Waals surface area contributed by atoms with Crippen LogP contribution in [0.15, 0.2) is 53.2 Å². The third-order valence-corrected chi connectivity index (χ3v) is 4.04. The van der Waals surface area contributed by atoms with E-state index in [4.69, 9.17) is 25.6 Å². The molecular weight excluding hydrogens is 356 g/mol. The molecule has 0 aliphatic carbocycles. The molecule has 2 aromatic carbocycles. The van der Waals surface area contributed by atoms with Crippen molar-refractivity contribution < 1.29 is 18.8 Å². The summed E-state index contributed by atoms with van der Waals surface area (Å²) in [5, 5.41) is 7.15. The van der Waals surface area contributed by atoms with Gasteiger partial charge >= 0.3 is 0 Å². The minimum absolute atomic E-state index is 0.154. The fraction of sp³-hybridized carbons (Fsp3) is 0.158. The van der Waals surface area contributed by atoms with E-state index in [1.807, 2.05) is 12.1 Å². The molecule has 134 valence electrons. The molecule has 0 radical (unpaired) electrons. The van der Waals surface area contributed by atoms with E-state index in [0.717, 1.165) is 11.1 Å². The van der Waals surface area contributed by atoms with E-state index in [0.29, 0.717) is 22.1 Å². The Bertz CT molecular complexity index is 906. The summed E-state index contributed by atoms with van der Waals surface area (Å²) in [6.45, 7) is 0. The minimum atomic E-state index is -0.232. The average Bonchev–Trinajstić information content (AvgIpc) is 3.10. The molecule has 0 unspecified atom stereocenters. The topological polar surface area (TPSA) is 73.6 Å². The molecule has 26 heavy (non-hydrogen) atoms. The van der Waals surface area contributed by atoms with Crippen LogP contribution in [0.3, 0.4) is 0 Å². The van der Waals surface area contributed by atoms with Gasteiger partial charge < -0.3 is 14.0 Å². The van der Waals surface area contributed by atoms with Crippen LogP contribution in [0.5, 0.6) is 11.5 Å². The van der Waals surface area contributed by atoms with E-state index in [1.54, 1.807) is 50.7 Å². The molecule has 1 amide bonds. The summed E-state index contributed by atoms with van der Waals surface area (Å²) in [6.07, 6.45) is 1.70. The molecule has 0 atom stereocenters. The molecule has 0 fully saturated rings. The Labute approximate surface area is 155 Å². The van der Waals surface area contributed by atoms with Crippen molar-refractivity contribution in [1.82, 2.24) is 5.16 Å². The summed E-state index contributed by atoms with van der Waals surface area (Å²) < 4.78 is 15.6. The molecule has 0 saturated carbocycles. The van der Waals surface area contributed by atoms with Crippen LogP contribution in [0, 0.1) is 0 Å². The Morgan fingerprint density at radius 1 is 1.12 bits per heavy atom. The lowest BCUT2D eigenvalue weighted by Crippen LogP contribution is -2.14. The Morgan fingerprint density at radius 3 is 2.54 bits per heavy atom. The number of benzene rings is 2. The Balaban J connectivity index is 1.73. The first-order valence-electron chi connectivity index (χ1n) is 7.82. The van der Waals surface area contributed by atoms with Crippen LogP contribution < -0.4 is 14.8 Å². The summed E-state index contributed by atoms with van der Waals surface area (Å²) in [5.41, 5.74) is 2.31. The molecule has 1 heterocycles. The second kappa shape index (κ2) is 7.93. The quantitative estimate of drug-likeness (QED) is 0.702. The van der Waals surface area contributed by atoms with Crippen LogP contribution >= 0.6 is 11.6 Å². The highest BCUT2D eigenvalue weighted by Gasteiger charge is 2.15. The summed E-state index contributed by atoms with van der Waals surface area (Å²) >= 11 is 5.91. The molecular formula is C19H17ClN2O4. The van der Waals surface area contributed by atoms with Gasteiger partial charge in [0.25, 0.3) is 0 Å². The number of hydrogen-bond acceptors (Lipinski definition) is 5. The zero-order chi connectivity index (χ0) is 18.5. The lowest BCUT2D eigenvalue weighted by molar-refractivity contribution is -0.115. The van der Waals surface area contributed by atoms with Gasteiger partial charge in [0.05, 0.1) is 32.4 Å². The van der Waals surface area contributed by atoms with Crippen LogP contribution in [-0.4, -0.2) is 25.3 Å². The van der Waals surface area contributed by atoms with Gasteiger partial charge in [-0.3, -0.25) is 10.1 Å². The number of nitrogens with one attached hydrogen (secondary N) is 1. The predicted octanol–water partition coefficient (Wildman–Crippen LogP) is 4.19. The van der Waals surface area contributed by atoms with Crippen molar-refractivity contribution in [3.8, 4) is 22.6 Å². The number of methoxy groups -OCH3 is 2. The van der Waals surface area contributed by atoms with Crippen LogP contribution in [0.25, 0.3) is 11.1 Å². The summed E-state index contributed by atoms with van der Waals surface area (Å²) in [6, 6.07) is 12.5. The first-order valence-corrected chi connectivity index (χ1v) is 8.20. The molecule has 0 aliphatic rings. The van der Waals surface area contributed by atoms with Gasteiger partial charge in [-0.2, -0.15) is 0 Å². The van der Waals surface area contributed by atoms with Crippen LogP contribution in [0.4, 0.5) is 5.88 Å². The zero-order valence-electron chi connectivity index (χ0n) is 14.3. The second-order valence-electron chi connectivity index (χ2n) is 5.49. The maximum atomic E-state index is 12.4. The second-order valence-corrected chi connectivity index (χ2v) is 5.93. The van der Waals surface area contributed by atoms with Gasteiger partial charge in [-0.25, -0.2) is 0 Å². The number of anilines is 1. The van der Waals surface area contributed by atoms with Crippen molar-refractivity contribution >= 4 is 23.4 Å². The fourth-order valence-corrected chi connectivity index (χ4v) is 2.64. The lowest BCUT2D eigenvalue weighted by atomic mass is 10.1. The highest BCUT2D eigenvalue weighted by molar-refractivity contribution is 6.30. The number of hydrogen-bond donors (Lipinski definition) is 1. The van der Waals surface area contributed by atoms with Crippen molar-refractivity contribution in [3.05, 3.63) is 59.2 Å². The van der Waals surface area contributed by atoms with Crippen molar-refractivity contribution in [3.63, 3.8) is 0 Å². The van der Waals surface area contributed by atoms with E-state index in [9.17, 15) is 4.79 Å². The number of nitrogens with zero attached hydrogens (tertiary/aromatic N) is 1. The first kappa shape index (κ1) is 17.8. The van der Waals surface area contributed by atoms with Gasteiger partial charge in [0.2, 0.25) is 11.8 Å². The maximum absolute atomic E-state index is 12.4. The molecule has 3 aromatic rings. The normalized spacial score (nSPS) is 10.4. The van der Waals surface area contributed by atoms with E-state index < -0.39 is 0 Å². The van der Waals surface area contributed by atoms with Gasteiger partial charge in [0.1, 0.15) is 0 Å². The maximum Gasteiger partial charge on any atom is 0.239 e. The number of halogens is 1. The zero-order valence-corrected chi connectivity index (χ0v) is 15.0. The van der Waals surface area contributed by atoms with Crippen molar-refractivity contribution in [2.24, 2.45) is 0 Å². The van der Waals surface area contributed by atoms with Gasteiger partial charge in [-0.15, -0.1) is 0 Å². The smallest absolute Gasteiger partial charge is 0.239 e. The molecule has 1 N–H and O–H groups in total. The highest BCUT2D eigenvalue weighted by atomic mass is 35.5. The molecule has 1 aromatic heterocycles. The number of rotatable bonds is 6. The van der Waals surface area contributed by atoms with Gasteiger partial charge in [0, 0.05) is 5.02 Å². The minimum Gasteiger partial charge on any atom is -0.493 e. The SMILES string of the molecule is COc1ccc(CC(=O)Nc2oncc2-c2ccc(Cl)cc2)cc1OC. The van der Waals surface area contributed by atoms with E-state index in [2.05, 4.69) is 10.5 Å². The molecule has 0 saturated heterocycles. The fourth-order valence-electron chi connectivity index (χ4n) is 2.51. The van der Waals surface area contributed by atoms with Gasteiger partial charge in [-0.1, -0.05) is 35.0 Å². The molecule has 6 nitrogen and oxygen atoms in total. The molecule has 3 rings (SSSR count). The van der Waals surface area contributed by atoms with Crippen LogP contribution in [-0.2, 0) is 11.2 Å². The Morgan fingerprint density at radius 2 is 1.85 bits per heavy atom. The highest BCUT2D eigenvalue weighted by Crippen LogP contribution is 2.30. The molecule has 0 bridgehead atoms. The summed E-state index contributed by atoms with van der Waals surface area (Å²) in [7, 11) is 3.11. The summed E-state index contributed by atoms with van der Waals surface area (Å²) in [4.78, 5) is 12.4. The van der Waals surface area contributed by atoms with Crippen LogP contribution in [0.1, 0.15) is 5.56 Å². The van der Waals surface area contributed by atoms with E-state index in [-0.39, 0.29) is 18.2 Å². The number of carbonyl (C=O) groups is 1. The molecule has 0 spiro atoms. The first-order chi connectivity index (χ1) is 12.6. The van der Waals surface area contributed by atoms with Crippen molar-refractivity contribution in [2.45, 2.75) is 6.42 Å². The lowest BCUT2D eigenvalue weighted by Gasteiger charge is -2.09. The summed E-state index contributed by atoms with van der Waals surface area (Å²) in [5.74, 6) is 1.23. The third kappa shape index (κ3) is 3.97. The number of ether oxygens (including phenoxy) is 2. The molecule has 0 aliphatic heterocycles. The van der Waals surface area contributed by atoms with E-state index in [1.165, 1.54) is 0 Å². The van der Waals surface area contributed by atoms with Crippen molar-refractivity contribution in [1.29, 1.82) is 0 Å². The molecule has 7 heteroatoms. The monoisotopic (exact) mass is 372 g/mol. The Hall–Kier alpha value is -2.99. The Kier molecular flexibility index (Phi) is 5.43. The predicted molar refractivity (Wildman–Crippen MR) is 98.8 cm³/mol. The standard InChI is InChI=1S/C19H17ClN2O4/c1-24-16-8-3-12(9-17(16)25-2)10-18(23)22-19-15(11-21-26-19)13-4-6-14(20)7-5-13/h3-9,11H,10H2,1-2H3,(H,22,23). The number of amides is 1. The number of aromatic nitrogens is 1. The third-order valence-electron chi connectivity index (χ3n) is 3.79.